The second-order valence-electron chi connectivity index (χ2n) is 3.26. The summed E-state index contributed by atoms with van der Waals surface area (Å²) in [6.45, 7) is 6.23. The molecule has 2 heteroatoms. The molecule has 2 atom stereocenters. The number of piperidine rings is 1. The fraction of sp³-hybridized carbons (Fsp3) is 0.750. The molecule has 0 radical (unpaired) electrons. The van der Waals surface area contributed by atoms with Crippen molar-refractivity contribution in [3.05, 3.63) is 12.7 Å². The first kappa shape index (κ1) is 7.76. The largest absolute Gasteiger partial charge is 0.389 e. The van der Waals surface area contributed by atoms with Crippen molar-refractivity contribution in [2.75, 3.05) is 6.54 Å². The predicted octanol–water partition coefficient (Wildman–Crippen LogP) is 0.675. The zero-order valence-electron chi connectivity index (χ0n) is 6.43. The average molecular weight is 141 g/mol. The second-order valence-corrected chi connectivity index (χ2v) is 3.26. The normalized spacial score (nSPS) is 41.2. The van der Waals surface area contributed by atoms with Crippen molar-refractivity contribution >= 4 is 0 Å². The third kappa shape index (κ3) is 1.82. The van der Waals surface area contributed by atoms with Gasteiger partial charge in [0, 0.05) is 12.6 Å². The molecule has 58 valence electrons. The number of nitrogens with one attached hydrogen (secondary N) is 1. The molecule has 1 aliphatic rings. The first-order valence-electron chi connectivity index (χ1n) is 3.72. The Morgan fingerprint density at radius 2 is 2.50 bits per heavy atom. The van der Waals surface area contributed by atoms with Crippen molar-refractivity contribution in [2.45, 2.75) is 31.4 Å². The van der Waals surface area contributed by atoms with Gasteiger partial charge in [0.15, 0.2) is 0 Å². The van der Waals surface area contributed by atoms with Gasteiger partial charge in [0.25, 0.3) is 0 Å². The molecule has 0 aromatic carbocycles. The van der Waals surface area contributed by atoms with Gasteiger partial charge in [0.1, 0.15) is 0 Å². The maximum Gasteiger partial charge on any atom is 0.0744 e. The molecule has 1 rings (SSSR count). The zero-order chi connectivity index (χ0) is 7.61. The zero-order valence-corrected chi connectivity index (χ0v) is 6.43. The first-order valence-corrected chi connectivity index (χ1v) is 3.72. The van der Waals surface area contributed by atoms with Crippen LogP contribution in [0.3, 0.4) is 0 Å². The van der Waals surface area contributed by atoms with Gasteiger partial charge in [-0.15, -0.1) is 6.58 Å². The maximum absolute atomic E-state index is 9.49. The quantitative estimate of drug-likeness (QED) is 0.526. The molecule has 0 saturated carbocycles. The second kappa shape index (κ2) is 2.72. The summed E-state index contributed by atoms with van der Waals surface area (Å²) in [7, 11) is 0. The molecule has 0 aliphatic carbocycles. The van der Waals surface area contributed by atoms with E-state index in [-0.39, 0.29) is 0 Å². The summed E-state index contributed by atoms with van der Waals surface area (Å²) in [5.74, 6) is 0. The van der Waals surface area contributed by atoms with Crippen molar-refractivity contribution in [2.24, 2.45) is 0 Å². The Morgan fingerprint density at radius 1 is 1.80 bits per heavy atom. The van der Waals surface area contributed by atoms with Crippen LogP contribution < -0.4 is 5.32 Å². The topological polar surface area (TPSA) is 32.3 Å². The molecule has 1 heterocycles. The van der Waals surface area contributed by atoms with Crippen molar-refractivity contribution in [1.29, 1.82) is 0 Å². The van der Waals surface area contributed by atoms with Crippen LogP contribution in [0.5, 0.6) is 0 Å². The van der Waals surface area contributed by atoms with E-state index in [1.165, 1.54) is 0 Å². The number of aliphatic hydroxyl groups is 1. The molecule has 2 nitrogen and oxygen atoms in total. The monoisotopic (exact) mass is 141 g/mol. The van der Waals surface area contributed by atoms with E-state index in [1.54, 1.807) is 0 Å². The highest BCUT2D eigenvalue weighted by Gasteiger charge is 2.26. The molecule has 0 spiro atoms. The molecule has 1 fully saturated rings. The van der Waals surface area contributed by atoms with Gasteiger partial charge in [0.05, 0.1) is 5.60 Å². The van der Waals surface area contributed by atoms with E-state index in [2.05, 4.69) is 11.9 Å². The highest BCUT2D eigenvalue weighted by Crippen LogP contribution is 2.17. The minimum Gasteiger partial charge on any atom is -0.389 e. The summed E-state index contributed by atoms with van der Waals surface area (Å²) in [5, 5.41) is 12.7. The van der Waals surface area contributed by atoms with Crippen LogP contribution in [0.15, 0.2) is 12.7 Å². The number of hydrogen-bond donors (Lipinski definition) is 2. The van der Waals surface area contributed by atoms with Crippen LogP contribution in [0.2, 0.25) is 0 Å². The third-order valence-electron chi connectivity index (χ3n) is 2.02. The standard InChI is InChI=1S/C8H15NO/c1-3-7-4-5-8(2,10)6-9-7/h3,7,9-10H,1,4-6H2,2H3/t7-,8+/m0/s1. The van der Waals surface area contributed by atoms with Gasteiger partial charge in [-0.25, -0.2) is 0 Å². The summed E-state index contributed by atoms with van der Waals surface area (Å²) < 4.78 is 0. The fourth-order valence-electron chi connectivity index (χ4n) is 1.21. The Bertz CT molecular complexity index is 121. The lowest BCUT2D eigenvalue weighted by Crippen LogP contribution is -2.47. The van der Waals surface area contributed by atoms with Crippen molar-refractivity contribution in [3.8, 4) is 0 Å². The van der Waals surface area contributed by atoms with E-state index in [4.69, 9.17) is 0 Å². The Balaban J connectivity index is 2.38. The molecule has 2 N–H and O–H groups in total. The third-order valence-corrected chi connectivity index (χ3v) is 2.02. The van der Waals surface area contributed by atoms with Crippen molar-refractivity contribution in [3.63, 3.8) is 0 Å². The Hall–Kier alpha value is -0.340. The van der Waals surface area contributed by atoms with Crippen LogP contribution in [-0.4, -0.2) is 23.3 Å². The van der Waals surface area contributed by atoms with Crippen molar-refractivity contribution in [1.82, 2.24) is 5.32 Å². The molecule has 0 aromatic heterocycles. The van der Waals surface area contributed by atoms with Gasteiger partial charge < -0.3 is 10.4 Å². The minimum atomic E-state index is -0.500. The highest BCUT2D eigenvalue weighted by atomic mass is 16.3. The van der Waals surface area contributed by atoms with Crippen LogP contribution in [0.1, 0.15) is 19.8 Å². The Labute approximate surface area is 61.9 Å². The number of β-amino-alcohol motifs (C(OH)–C–C–N with tert-alkyl or cyclic N) is 1. The molecule has 0 bridgehead atoms. The maximum atomic E-state index is 9.49. The molecule has 1 saturated heterocycles. The van der Waals surface area contributed by atoms with E-state index in [9.17, 15) is 5.11 Å². The summed E-state index contributed by atoms with van der Waals surface area (Å²) in [6.07, 6.45) is 3.77. The SMILES string of the molecule is C=C[C@H]1CC[C@@](C)(O)CN1. The molecule has 0 aromatic rings. The lowest BCUT2D eigenvalue weighted by atomic mass is 9.92. The van der Waals surface area contributed by atoms with Crippen LogP contribution in [0.4, 0.5) is 0 Å². The lowest BCUT2D eigenvalue weighted by molar-refractivity contribution is 0.0287. The summed E-state index contributed by atoms with van der Waals surface area (Å²) in [4.78, 5) is 0. The van der Waals surface area contributed by atoms with Crippen LogP contribution in [-0.2, 0) is 0 Å². The molecular weight excluding hydrogens is 126 g/mol. The van der Waals surface area contributed by atoms with Crippen LogP contribution in [0.25, 0.3) is 0 Å². The fourth-order valence-corrected chi connectivity index (χ4v) is 1.21. The van der Waals surface area contributed by atoms with Gasteiger partial charge in [0.2, 0.25) is 0 Å². The van der Waals surface area contributed by atoms with E-state index in [0.717, 1.165) is 12.8 Å². The van der Waals surface area contributed by atoms with Gasteiger partial charge in [-0.3, -0.25) is 0 Å². The summed E-state index contributed by atoms with van der Waals surface area (Å²) >= 11 is 0. The average Bonchev–Trinajstić information content (AvgIpc) is 1.88. The van der Waals surface area contributed by atoms with Gasteiger partial charge in [-0.05, 0) is 19.8 Å². The highest BCUT2D eigenvalue weighted by molar-refractivity contribution is 4.94. The van der Waals surface area contributed by atoms with E-state index in [0.29, 0.717) is 12.6 Å². The number of hydrogen-bond acceptors (Lipinski definition) is 2. The van der Waals surface area contributed by atoms with E-state index >= 15 is 0 Å². The molecule has 0 amide bonds. The smallest absolute Gasteiger partial charge is 0.0744 e. The van der Waals surface area contributed by atoms with Gasteiger partial charge >= 0.3 is 0 Å². The van der Waals surface area contributed by atoms with E-state index < -0.39 is 5.60 Å². The summed E-state index contributed by atoms with van der Waals surface area (Å²) in [5.41, 5.74) is -0.500. The van der Waals surface area contributed by atoms with Gasteiger partial charge in [-0.1, -0.05) is 6.08 Å². The minimum absolute atomic E-state index is 0.403. The molecule has 10 heavy (non-hydrogen) atoms. The Morgan fingerprint density at radius 3 is 2.90 bits per heavy atom. The predicted molar refractivity (Wildman–Crippen MR) is 41.8 cm³/mol. The molecule has 1 aliphatic heterocycles. The van der Waals surface area contributed by atoms with Gasteiger partial charge in [-0.2, -0.15) is 0 Å². The number of rotatable bonds is 1. The van der Waals surface area contributed by atoms with Crippen molar-refractivity contribution < 1.29 is 5.11 Å². The first-order chi connectivity index (χ1) is 4.64. The molecular formula is C8H15NO. The lowest BCUT2D eigenvalue weighted by Gasteiger charge is -2.32. The molecule has 0 unspecified atom stereocenters. The van der Waals surface area contributed by atoms with E-state index in [1.807, 2.05) is 13.0 Å². The van der Waals surface area contributed by atoms with Crippen LogP contribution >= 0.6 is 0 Å². The Kier molecular flexibility index (Phi) is 2.11. The summed E-state index contributed by atoms with van der Waals surface area (Å²) in [6, 6.07) is 0.403. The van der Waals surface area contributed by atoms with Crippen LogP contribution in [0, 0.1) is 0 Å².